The van der Waals surface area contributed by atoms with E-state index in [1.54, 1.807) is 18.2 Å². The van der Waals surface area contributed by atoms with Gasteiger partial charge in [-0.05, 0) is 42.8 Å². The molecular weight excluding hydrogens is 436 g/mol. The third-order valence-corrected chi connectivity index (χ3v) is 6.29. The van der Waals surface area contributed by atoms with Crippen LogP contribution in [0.4, 0.5) is 5.69 Å². The van der Waals surface area contributed by atoms with Crippen LogP contribution in [0, 0.1) is 6.92 Å². The van der Waals surface area contributed by atoms with Crippen LogP contribution in [0.1, 0.15) is 11.1 Å². The average molecular weight is 463 g/mol. The SMILES string of the molecule is C=C(C(=O)OC)N(Cc1cc(C)ccc1NC(=O)COC)S(=O)(=O)c1ccc(OC)cc1. The normalized spacial score (nSPS) is 10.9. The summed E-state index contributed by atoms with van der Waals surface area (Å²) in [5.41, 5.74) is 1.29. The van der Waals surface area contributed by atoms with Gasteiger partial charge in [-0.25, -0.2) is 13.2 Å². The van der Waals surface area contributed by atoms with Gasteiger partial charge in [0.2, 0.25) is 5.91 Å². The van der Waals surface area contributed by atoms with Crippen molar-refractivity contribution in [2.24, 2.45) is 0 Å². The van der Waals surface area contributed by atoms with E-state index >= 15 is 0 Å². The minimum atomic E-state index is -4.21. The van der Waals surface area contributed by atoms with Crippen molar-refractivity contribution >= 4 is 27.6 Å². The van der Waals surface area contributed by atoms with Gasteiger partial charge in [-0.2, -0.15) is 0 Å². The lowest BCUT2D eigenvalue weighted by atomic mass is 10.1. The van der Waals surface area contributed by atoms with E-state index in [2.05, 4.69) is 11.9 Å². The fourth-order valence-electron chi connectivity index (χ4n) is 2.87. The number of anilines is 1. The van der Waals surface area contributed by atoms with Crippen molar-refractivity contribution in [1.82, 2.24) is 4.31 Å². The Bertz CT molecular complexity index is 1100. The molecule has 172 valence electrons. The average Bonchev–Trinajstić information content (AvgIpc) is 2.78. The predicted molar refractivity (Wildman–Crippen MR) is 119 cm³/mol. The maximum absolute atomic E-state index is 13.4. The van der Waals surface area contributed by atoms with E-state index in [4.69, 9.17) is 14.2 Å². The molecule has 0 radical (unpaired) electrons. The molecule has 0 aliphatic carbocycles. The van der Waals surface area contributed by atoms with E-state index in [0.29, 0.717) is 17.0 Å². The van der Waals surface area contributed by atoms with Gasteiger partial charge in [0, 0.05) is 12.8 Å². The summed E-state index contributed by atoms with van der Waals surface area (Å²) in [6, 6.07) is 10.8. The molecule has 2 aromatic carbocycles. The number of benzene rings is 2. The van der Waals surface area contributed by atoms with Gasteiger partial charge >= 0.3 is 5.97 Å². The molecule has 0 bridgehead atoms. The molecule has 0 saturated carbocycles. The van der Waals surface area contributed by atoms with Crippen LogP contribution in [-0.2, 0) is 35.6 Å². The predicted octanol–water partition coefficient (Wildman–Crippen LogP) is 2.47. The maximum atomic E-state index is 13.4. The molecule has 1 N–H and O–H groups in total. The van der Waals surface area contributed by atoms with Crippen molar-refractivity contribution in [3.63, 3.8) is 0 Å². The zero-order valence-electron chi connectivity index (χ0n) is 18.4. The Kier molecular flexibility index (Phi) is 8.39. The molecule has 9 nitrogen and oxygen atoms in total. The number of hydrogen-bond donors (Lipinski definition) is 1. The number of hydrogen-bond acceptors (Lipinski definition) is 7. The number of sulfonamides is 1. The Hall–Kier alpha value is -3.37. The second kappa shape index (κ2) is 10.8. The number of carbonyl (C=O) groups excluding carboxylic acids is 2. The van der Waals surface area contributed by atoms with Gasteiger partial charge in [-0.3, -0.25) is 9.10 Å². The Morgan fingerprint density at radius 3 is 2.28 bits per heavy atom. The second-order valence-corrected chi connectivity index (χ2v) is 8.63. The van der Waals surface area contributed by atoms with Crippen LogP contribution >= 0.6 is 0 Å². The molecule has 0 unspecified atom stereocenters. The first-order chi connectivity index (χ1) is 15.1. The third-order valence-electron chi connectivity index (χ3n) is 4.49. The van der Waals surface area contributed by atoms with Crippen molar-refractivity contribution in [2.45, 2.75) is 18.4 Å². The topological polar surface area (TPSA) is 111 Å². The lowest BCUT2D eigenvalue weighted by Gasteiger charge is -2.26. The van der Waals surface area contributed by atoms with Gasteiger partial charge in [-0.1, -0.05) is 24.3 Å². The van der Waals surface area contributed by atoms with Crippen molar-refractivity contribution in [2.75, 3.05) is 33.3 Å². The van der Waals surface area contributed by atoms with Crippen molar-refractivity contribution < 1.29 is 32.2 Å². The summed E-state index contributed by atoms with van der Waals surface area (Å²) in [6.07, 6.45) is 0. The summed E-state index contributed by atoms with van der Waals surface area (Å²) in [5.74, 6) is -0.835. The molecule has 2 aromatic rings. The zero-order valence-corrected chi connectivity index (χ0v) is 19.2. The summed E-state index contributed by atoms with van der Waals surface area (Å²) in [6.45, 7) is 5.01. The lowest BCUT2D eigenvalue weighted by Crippen LogP contribution is -2.34. The van der Waals surface area contributed by atoms with E-state index in [1.807, 2.05) is 6.92 Å². The number of aryl methyl sites for hydroxylation is 1. The van der Waals surface area contributed by atoms with Gasteiger partial charge < -0.3 is 19.5 Å². The molecule has 0 heterocycles. The highest BCUT2D eigenvalue weighted by atomic mass is 32.2. The van der Waals surface area contributed by atoms with Crippen molar-refractivity contribution in [3.8, 4) is 5.75 Å². The summed E-state index contributed by atoms with van der Waals surface area (Å²) in [4.78, 5) is 24.2. The molecule has 2 rings (SSSR count). The molecule has 0 fully saturated rings. The first-order valence-corrected chi connectivity index (χ1v) is 10.9. The van der Waals surface area contributed by atoms with E-state index in [-0.39, 0.29) is 23.7 Å². The summed E-state index contributed by atoms with van der Waals surface area (Å²) >= 11 is 0. The van der Waals surface area contributed by atoms with Crippen LogP contribution < -0.4 is 10.1 Å². The third kappa shape index (κ3) is 5.86. The van der Waals surface area contributed by atoms with Crippen LogP contribution in [0.5, 0.6) is 5.75 Å². The lowest BCUT2D eigenvalue weighted by molar-refractivity contribution is -0.137. The molecule has 0 atom stereocenters. The summed E-state index contributed by atoms with van der Waals surface area (Å²) < 4.78 is 42.3. The Morgan fingerprint density at radius 1 is 1.06 bits per heavy atom. The quantitative estimate of drug-likeness (QED) is 0.426. The maximum Gasteiger partial charge on any atom is 0.354 e. The fraction of sp³-hybridized carbons (Fsp3) is 0.273. The second-order valence-electron chi connectivity index (χ2n) is 6.77. The molecule has 1 amide bonds. The number of nitrogens with one attached hydrogen (secondary N) is 1. The Balaban J connectivity index is 2.53. The fourth-order valence-corrected chi connectivity index (χ4v) is 4.28. The monoisotopic (exact) mass is 462 g/mol. The van der Waals surface area contributed by atoms with Crippen LogP contribution in [0.3, 0.4) is 0 Å². The number of esters is 1. The first kappa shape index (κ1) is 24.9. The van der Waals surface area contributed by atoms with Crippen LogP contribution in [0.25, 0.3) is 0 Å². The largest absolute Gasteiger partial charge is 0.497 e. The van der Waals surface area contributed by atoms with Gasteiger partial charge in [-0.15, -0.1) is 0 Å². The molecule has 0 aliphatic heterocycles. The molecule has 0 spiro atoms. The minimum absolute atomic E-state index is 0.0685. The standard InChI is InChI=1S/C22H26N2O7S/c1-15-6-11-20(23-21(25)14-29-3)17(12-15)13-24(16(2)22(26)31-5)32(27,28)19-9-7-18(30-4)8-10-19/h6-12H,2,13-14H2,1,3-5H3,(H,23,25). The molecule has 10 heteroatoms. The highest BCUT2D eigenvalue weighted by molar-refractivity contribution is 7.89. The smallest absolute Gasteiger partial charge is 0.354 e. The first-order valence-electron chi connectivity index (χ1n) is 9.46. The van der Waals surface area contributed by atoms with E-state index < -0.39 is 21.9 Å². The minimum Gasteiger partial charge on any atom is -0.497 e. The molecule has 0 aliphatic rings. The number of rotatable bonds is 10. The van der Waals surface area contributed by atoms with Crippen LogP contribution in [0.15, 0.2) is 59.6 Å². The van der Waals surface area contributed by atoms with Crippen molar-refractivity contribution in [3.05, 3.63) is 65.9 Å². The molecule has 0 saturated heterocycles. The Labute approximate surface area is 187 Å². The number of methoxy groups -OCH3 is 3. The Morgan fingerprint density at radius 2 is 1.72 bits per heavy atom. The van der Waals surface area contributed by atoms with Gasteiger partial charge in [0.05, 0.1) is 25.7 Å². The number of carbonyl (C=O) groups is 2. The van der Waals surface area contributed by atoms with Crippen LogP contribution in [0.2, 0.25) is 0 Å². The van der Waals surface area contributed by atoms with E-state index in [9.17, 15) is 18.0 Å². The van der Waals surface area contributed by atoms with Gasteiger partial charge in [0.1, 0.15) is 18.1 Å². The molecule has 0 aromatic heterocycles. The zero-order chi connectivity index (χ0) is 23.9. The highest BCUT2D eigenvalue weighted by Gasteiger charge is 2.30. The summed E-state index contributed by atoms with van der Waals surface area (Å²) in [7, 11) is -0.221. The van der Waals surface area contributed by atoms with E-state index in [0.717, 1.165) is 17.0 Å². The van der Waals surface area contributed by atoms with Gasteiger partial charge in [0.15, 0.2) is 0 Å². The number of ether oxygens (including phenoxy) is 3. The van der Waals surface area contributed by atoms with Crippen LogP contribution in [-0.4, -0.2) is 52.5 Å². The molecule has 32 heavy (non-hydrogen) atoms. The number of amides is 1. The highest BCUT2D eigenvalue weighted by Crippen LogP contribution is 2.28. The number of nitrogens with zero attached hydrogens (tertiary/aromatic N) is 1. The van der Waals surface area contributed by atoms with E-state index in [1.165, 1.54) is 38.5 Å². The van der Waals surface area contributed by atoms with Crippen molar-refractivity contribution in [1.29, 1.82) is 0 Å². The molecular formula is C22H26N2O7S. The summed E-state index contributed by atoms with van der Waals surface area (Å²) in [5, 5.41) is 2.68. The van der Waals surface area contributed by atoms with Gasteiger partial charge in [0.25, 0.3) is 10.0 Å².